The van der Waals surface area contributed by atoms with E-state index in [1.54, 1.807) is 0 Å². The van der Waals surface area contributed by atoms with Gasteiger partial charge in [0.2, 0.25) is 0 Å². The molecule has 0 aromatic heterocycles. The van der Waals surface area contributed by atoms with Gasteiger partial charge in [-0.1, -0.05) is 26.0 Å². The van der Waals surface area contributed by atoms with Crippen molar-refractivity contribution in [1.82, 2.24) is 0 Å². The van der Waals surface area contributed by atoms with Crippen LogP contribution in [0.3, 0.4) is 0 Å². The summed E-state index contributed by atoms with van der Waals surface area (Å²) in [7, 11) is 0. The van der Waals surface area contributed by atoms with Crippen molar-refractivity contribution in [3.63, 3.8) is 0 Å². The van der Waals surface area contributed by atoms with Crippen LogP contribution in [0.15, 0.2) is 24.3 Å². The average Bonchev–Trinajstić information content (AvgIpc) is 2.76. The molecule has 0 aliphatic carbocycles. The van der Waals surface area contributed by atoms with Crippen LogP contribution in [-0.2, 0) is 15.0 Å². The van der Waals surface area contributed by atoms with Crippen LogP contribution in [0.1, 0.15) is 25.8 Å². The lowest BCUT2D eigenvalue weighted by Gasteiger charge is -2.24. The number of aliphatic hydroxyl groups excluding tert-OH is 1. The number of carbonyl (C=O) groups excluding carboxylic acids is 1. The molecule has 0 spiro atoms. The van der Waals surface area contributed by atoms with Gasteiger partial charge in [-0.15, -0.1) is 0 Å². The van der Waals surface area contributed by atoms with E-state index in [0.29, 0.717) is 13.0 Å². The minimum absolute atomic E-state index is 0.0241. The number of rotatable bonds is 3. The van der Waals surface area contributed by atoms with Gasteiger partial charge in [0, 0.05) is 5.41 Å². The van der Waals surface area contributed by atoms with Gasteiger partial charge >= 0.3 is 0 Å². The van der Waals surface area contributed by atoms with E-state index < -0.39 is 0 Å². The SMILES string of the molecule is CC(C)(CO)c1cccc(N2OCCC2=O)c1. The summed E-state index contributed by atoms with van der Waals surface area (Å²) in [6.07, 6.45) is 0.424. The Labute approximate surface area is 101 Å². The minimum atomic E-state index is -0.321. The predicted molar refractivity (Wildman–Crippen MR) is 64.6 cm³/mol. The normalized spacial score (nSPS) is 16.6. The lowest BCUT2D eigenvalue weighted by atomic mass is 9.85. The molecule has 1 heterocycles. The molecule has 92 valence electrons. The van der Waals surface area contributed by atoms with Crippen LogP contribution in [-0.4, -0.2) is 24.2 Å². The van der Waals surface area contributed by atoms with Crippen molar-refractivity contribution in [2.24, 2.45) is 0 Å². The molecule has 1 aromatic carbocycles. The molecular formula is C13H17NO3. The highest BCUT2D eigenvalue weighted by Crippen LogP contribution is 2.28. The quantitative estimate of drug-likeness (QED) is 0.866. The van der Waals surface area contributed by atoms with Gasteiger partial charge in [-0.2, -0.15) is 5.06 Å². The highest BCUT2D eigenvalue weighted by atomic mass is 16.7. The average molecular weight is 235 g/mol. The lowest BCUT2D eigenvalue weighted by molar-refractivity contribution is -0.119. The van der Waals surface area contributed by atoms with Gasteiger partial charge in [-0.3, -0.25) is 9.63 Å². The van der Waals surface area contributed by atoms with Gasteiger partial charge in [0.1, 0.15) is 0 Å². The third-order valence-corrected chi connectivity index (χ3v) is 3.02. The second kappa shape index (κ2) is 4.47. The third kappa shape index (κ3) is 2.33. The Morgan fingerprint density at radius 3 is 2.82 bits per heavy atom. The number of nitrogens with zero attached hydrogens (tertiary/aromatic N) is 1. The van der Waals surface area contributed by atoms with Crippen LogP contribution in [0, 0.1) is 0 Å². The van der Waals surface area contributed by atoms with E-state index in [2.05, 4.69) is 0 Å². The van der Waals surface area contributed by atoms with E-state index in [9.17, 15) is 9.90 Å². The van der Waals surface area contributed by atoms with Crippen LogP contribution in [0.2, 0.25) is 0 Å². The number of hydroxylamine groups is 1. The number of anilines is 1. The fraction of sp³-hybridized carbons (Fsp3) is 0.462. The largest absolute Gasteiger partial charge is 0.395 e. The van der Waals surface area contributed by atoms with E-state index in [0.717, 1.165) is 11.3 Å². The van der Waals surface area contributed by atoms with E-state index in [-0.39, 0.29) is 17.9 Å². The van der Waals surface area contributed by atoms with Gasteiger partial charge in [-0.25, -0.2) is 0 Å². The lowest BCUT2D eigenvalue weighted by Crippen LogP contribution is -2.25. The van der Waals surface area contributed by atoms with E-state index in [1.165, 1.54) is 5.06 Å². The molecule has 1 N–H and O–H groups in total. The maximum Gasteiger partial charge on any atom is 0.253 e. The van der Waals surface area contributed by atoms with Crippen LogP contribution >= 0.6 is 0 Å². The molecule has 1 aromatic rings. The summed E-state index contributed by atoms with van der Waals surface area (Å²) in [6, 6.07) is 7.54. The summed E-state index contributed by atoms with van der Waals surface area (Å²) in [6.45, 7) is 4.41. The predicted octanol–water partition coefficient (Wildman–Crippen LogP) is 1.62. The van der Waals surface area contributed by atoms with Crippen molar-refractivity contribution in [3.8, 4) is 0 Å². The number of aliphatic hydroxyl groups is 1. The van der Waals surface area contributed by atoms with Crippen LogP contribution in [0.4, 0.5) is 5.69 Å². The van der Waals surface area contributed by atoms with Crippen molar-refractivity contribution in [2.45, 2.75) is 25.7 Å². The van der Waals surface area contributed by atoms with Crippen molar-refractivity contribution >= 4 is 11.6 Å². The first-order chi connectivity index (χ1) is 8.04. The number of hydrogen-bond acceptors (Lipinski definition) is 3. The molecule has 1 amide bonds. The number of amides is 1. The Morgan fingerprint density at radius 2 is 2.24 bits per heavy atom. The Bertz CT molecular complexity index is 428. The molecule has 0 saturated carbocycles. The number of carbonyl (C=O) groups is 1. The van der Waals surface area contributed by atoms with Crippen LogP contribution in [0.25, 0.3) is 0 Å². The zero-order chi connectivity index (χ0) is 12.5. The molecule has 1 saturated heterocycles. The Kier molecular flexibility index (Phi) is 3.17. The smallest absolute Gasteiger partial charge is 0.253 e. The van der Waals surface area contributed by atoms with Gasteiger partial charge in [-0.05, 0) is 17.7 Å². The zero-order valence-corrected chi connectivity index (χ0v) is 10.1. The van der Waals surface area contributed by atoms with E-state index >= 15 is 0 Å². The topological polar surface area (TPSA) is 49.8 Å². The zero-order valence-electron chi connectivity index (χ0n) is 10.1. The molecular weight excluding hydrogens is 218 g/mol. The molecule has 2 rings (SSSR count). The Morgan fingerprint density at radius 1 is 1.47 bits per heavy atom. The van der Waals surface area contributed by atoms with Gasteiger partial charge in [0.15, 0.2) is 0 Å². The van der Waals surface area contributed by atoms with Crippen LogP contribution < -0.4 is 5.06 Å². The van der Waals surface area contributed by atoms with Gasteiger partial charge < -0.3 is 5.11 Å². The first-order valence-corrected chi connectivity index (χ1v) is 5.72. The molecule has 1 fully saturated rings. The molecule has 0 unspecified atom stereocenters. The fourth-order valence-electron chi connectivity index (χ4n) is 1.76. The van der Waals surface area contributed by atoms with E-state index in [4.69, 9.17) is 4.84 Å². The second-order valence-corrected chi connectivity index (χ2v) is 4.86. The number of benzene rings is 1. The first kappa shape index (κ1) is 12.1. The molecule has 1 aliphatic rings. The summed E-state index contributed by atoms with van der Waals surface area (Å²) in [5.74, 6) is -0.0241. The first-order valence-electron chi connectivity index (χ1n) is 5.72. The van der Waals surface area contributed by atoms with Crippen molar-refractivity contribution in [2.75, 3.05) is 18.3 Å². The summed E-state index contributed by atoms with van der Waals surface area (Å²) < 4.78 is 0. The highest BCUT2D eigenvalue weighted by Gasteiger charge is 2.25. The second-order valence-electron chi connectivity index (χ2n) is 4.86. The van der Waals surface area contributed by atoms with Gasteiger partial charge in [0.25, 0.3) is 5.91 Å². The minimum Gasteiger partial charge on any atom is -0.395 e. The van der Waals surface area contributed by atoms with Crippen molar-refractivity contribution in [1.29, 1.82) is 0 Å². The fourth-order valence-corrected chi connectivity index (χ4v) is 1.76. The van der Waals surface area contributed by atoms with Crippen molar-refractivity contribution < 1.29 is 14.7 Å². The molecule has 4 nitrogen and oxygen atoms in total. The molecule has 1 aliphatic heterocycles. The molecule has 0 radical (unpaired) electrons. The molecule has 4 heteroatoms. The monoisotopic (exact) mass is 235 g/mol. The van der Waals surface area contributed by atoms with Crippen molar-refractivity contribution in [3.05, 3.63) is 29.8 Å². The third-order valence-electron chi connectivity index (χ3n) is 3.02. The summed E-state index contributed by atoms with van der Waals surface area (Å²) in [4.78, 5) is 16.8. The summed E-state index contributed by atoms with van der Waals surface area (Å²) in [5.41, 5.74) is 1.39. The molecule has 0 bridgehead atoms. The maximum atomic E-state index is 11.6. The van der Waals surface area contributed by atoms with E-state index in [1.807, 2.05) is 38.1 Å². The standard InChI is InChI=1S/C13H17NO3/c1-13(2,9-15)10-4-3-5-11(8-10)14-12(16)6-7-17-14/h3-5,8,15H,6-7,9H2,1-2H3. The summed E-state index contributed by atoms with van der Waals surface area (Å²) >= 11 is 0. The van der Waals surface area contributed by atoms with Crippen LogP contribution in [0.5, 0.6) is 0 Å². The Balaban J connectivity index is 2.31. The van der Waals surface area contributed by atoms with Gasteiger partial charge in [0.05, 0.1) is 25.3 Å². The highest BCUT2D eigenvalue weighted by molar-refractivity contribution is 5.92. The maximum absolute atomic E-state index is 11.6. The number of hydrogen-bond donors (Lipinski definition) is 1. The molecule has 17 heavy (non-hydrogen) atoms. The Hall–Kier alpha value is -1.39. The molecule has 0 atom stereocenters. The summed E-state index contributed by atoms with van der Waals surface area (Å²) in [5, 5.41) is 10.7.